The predicted octanol–water partition coefficient (Wildman–Crippen LogP) is 3.66. The van der Waals surface area contributed by atoms with Crippen molar-refractivity contribution in [1.29, 1.82) is 0 Å². The van der Waals surface area contributed by atoms with Gasteiger partial charge in [-0.05, 0) is 18.3 Å². The van der Waals surface area contributed by atoms with Crippen LogP contribution in [0.3, 0.4) is 0 Å². The zero-order valence-electron chi connectivity index (χ0n) is 13.5. The normalized spacial score (nSPS) is 18.4. The number of nitrogens with zero attached hydrogens (tertiary/aromatic N) is 3. The Labute approximate surface area is 123 Å². The second-order valence-electron chi connectivity index (χ2n) is 6.53. The van der Waals surface area contributed by atoms with E-state index in [1.807, 2.05) is 7.05 Å². The lowest BCUT2D eigenvalue weighted by atomic mass is 9.78. The van der Waals surface area contributed by atoms with Crippen LogP contribution in [0.15, 0.2) is 6.07 Å². The van der Waals surface area contributed by atoms with Crippen molar-refractivity contribution in [3.63, 3.8) is 0 Å². The minimum Gasteiger partial charge on any atom is -0.373 e. The Morgan fingerprint density at radius 3 is 2.45 bits per heavy atom. The summed E-state index contributed by atoms with van der Waals surface area (Å²) in [7, 11) is 1.92. The van der Waals surface area contributed by atoms with Gasteiger partial charge in [-0.25, -0.2) is 9.97 Å². The maximum Gasteiger partial charge on any atom is 0.135 e. The maximum atomic E-state index is 4.75. The quantitative estimate of drug-likeness (QED) is 0.911. The molecule has 1 N–H and O–H groups in total. The molecule has 1 aromatic rings. The Bertz CT molecular complexity index is 448. The summed E-state index contributed by atoms with van der Waals surface area (Å²) in [5.41, 5.74) is 0.510. The summed E-state index contributed by atoms with van der Waals surface area (Å²) in [5, 5.41) is 3.15. The highest BCUT2D eigenvalue weighted by Crippen LogP contribution is 2.35. The van der Waals surface area contributed by atoms with Crippen molar-refractivity contribution in [2.24, 2.45) is 5.41 Å². The number of nitrogens with one attached hydrogen (secondary N) is 1. The number of hydrogen-bond acceptors (Lipinski definition) is 4. The van der Waals surface area contributed by atoms with Gasteiger partial charge in [0, 0.05) is 32.1 Å². The first-order valence-corrected chi connectivity index (χ1v) is 7.79. The average Bonchev–Trinajstić information content (AvgIpc) is 2.47. The molecule has 4 nitrogen and oxygen atoms in total. The zero-order chi connectivity index (χ0) is 14.8. The van der Waals surface area contributed by atoms with Gasteiger partial charge in [-0.3, -0.25) is 0 Å². The molecule has 1 fully saturated rings. The molecule has 4 heteroatoms. The van der Waals surface area contributed by atoms with E-state index in [-0.39, 0.29) is 0 Å². The van der Waals surface area contributed by atoms with Crippen molar-refractivity contribution < 1.29 is 0 Å². The molecule has 1 aliphatic heterocycles. The van der Waals surface area contributed by atoms with Crippen LogP contribution in [0.2, 0.25) is 0 Å². The lowest BCUT2D eigenvalue weighted by molar-refractivity contribution is 0.237. The molecule has 112 valence electrons. The molecule has 0 bridgehead atoms. The SMILES string of the molecule is CCC1(C)CCN(c2cc(NC)nc(C(C)C)n2)CC1. The molecule has 20 heavy (non-hydrogen) atoms. The zero-order valence-corrected chi connectivity index (χ0v) is 13.5. The van der Waals surface area contributed by atoms with Crippen LogP contribution in [0.1, 0.15) is 58.7 Å². The van der Waals surface area contributed by atoms with Gasteiger partial charge in [0.1, 0.15) is 17.5 Å². The molecule has 0 atom stereocenters. The standard InChI is InChI=1S/C16H28N4/c1-6-16(4)7-9-20(10-8-16)14-11-13(17-5)18-15(19-14)12(2)3/h11-12H,6-10H2,1-5H3,(H,17,18,19). The lowest BCUT2D eigenvalue weighted by Gasteiger charge is -2.39. The first-order valence-electron chi connectivity index (χ1n) is 7.79. The van der Waals surface area contributed by atoms with Gasteiger partial charge in [0.2, 0.25) is 0 Å². The number of rotatable bonds is 4. The molecule has 0 unspecified atom stereocenters. The molecule has 0 aliphatic carbocycles. The molecule has 2 heterocycles. The van der Waals surface area contributed by atoms with Crippen LogP contribution in [-0.2, 0) is 0 Å². The van der Waals surface area contributed by atoms with E-state index in [9.17, 15) is 0 Å². The van der Waals surface area contributed by atoms with Crippen LogP contribution < -0.4 is 10.2 Å². The summed E-state index contributed by atoms with van der Waals surface area (Å²) < 4.78 is 0. The topological polar surface area (TPSA) is 41.0 Å². The Morgan fingerprint density at radius 1 is 1.30 bits per heavy atom. The van der Waals surface area contributed by atoms with E-state index < -0.39 is 0 Å². The van der Waals surface area contributed by atoms with Gasteiger partial charge in [0.25, 0.3) is 0 Å². The maximum absolute atomic E-state index is 4.75. The molecule has 1 aromatic heterocycles. The second kappa shape index (κ2) is 5.98. The molecule has 1 saturated heterocycles. The van der Waals surface area contributed by atoms with E-state index >= 15 is 0 Å². The highest BCUT2D eigenvalue weighted by atomic mass is 15.2. The van der Waals surface area contributed by atoms with Gasteiger partial charge >= 0.3 is 0 Å². The minimum atomic E-state index is 0.354. The summed E-state index contributed by atoms with van der Waals surface area (Å²) in [4.78, 5) is 11.7. The van der Waals surface area contributed by atoms with Crippen molar-refractivity contribution in [2.75, 3.05) is 30.4 Å². The van der Waals surface area contributed by atoms with Gasteiger partial charge in [-0.1, -0.05) is 34.1 Å². The Morgan fingerprint density at radius 2 is 1.95 bits per heavy atom. The summed E-state index contributed by atoms with van der Waals surface area (Å²) in [6.45, 7) is 11.2. The molecular weight excluding hydrogens is 248 g/mol. The molecule has 0 spiro atoms. The molecule has 0 aromatic carbocycles. The fraction of sp³-hybridized carbons (Fsp3) is 0.750. The number of piperidine rings is 1. The Kier molecular flexibility index (Phi) is 4.51. The molecular formula is C16H28N4. The van der Waals surface area contributed by atoms with Crippen LogP contribution in [-0.4, -0.2) is 30.1 Å². The third-order valence-corrected chi connectivity index (χ3v) is 4.65. The lowest BCUT2D eigenvalue weighted by Crippen LogP contribution is -2.39. The molecule has 0 saturated carbocycles. The van der Waals surface area contributed by atoms with E-state index in [2.05, 4.69) is 49.0 Å². The molecule has 1 aliphatic rings. The summed E-state index contributed by atoms with van der Waals surface area (Å²) >= 11 is 0. The third kappa shape index (κ3) is 3.22. The third-order valence-electron chi connectivity index (χ3n) is 4.65. The number of anilines is 2. The smallest absolute Gasteiger partial charge is 0.135 e. The van der Waals surface area contributed by atoms with Crippen LogP contribution in [0, 0.1) is 5.41 Å². The average molecular weight is 276 g/mol. The number of hydrogen-bond donors (Lipinski definition) is 1. The fourth-order valence-corrected chi connectivity index (χ4v) is 2.63. The van der Waals surface area contributed by atoms with E-state index in [0.29, 0.717) is 11.3 Å². The van der Waals surface area contributed by atoms with E-state index in [4.69, 9.17) is 4.98 Å². The highest BCUT2D eigenvalue weighted by molar-refractivity contribution is 5.49. The van der Waals surface area contributed by atoms with Crippen molar-refractivity contribution in [2.45, 2.75) is 52.9 Å². The van der Waals surface area contributed by atoms with Crippen molar-refractivity contribution in [3.05, 3.63) is 11.9 Å². The van der Waals surface area contributed by atoms with E-state index in [1.165, 1.54) is 19.3 Å². The molecule has 0 radical (unpaired) electrons. The van der Waals surface area contributed by atoms with Crippen LogP contribution >= 0.6 is 0 Å². The predicted molar refractivity (Wildman–Crippen MR) is 85.5 cm³/mol. The van der Waals surface area contributed by atoms with Gasteiger partial charge in [0.05, 0.1) is 0 Å². The largest absolute Gasteiger partial charge is 0.373 e. The van der Waals surface area contributed by atoms with Crippen LogP contribution in [0.25, 0.3) is 0 Å². The summed E-state index contributed by atoms with van der Waals surface area (Å²) in [6.07, 6.45) is 3.77. The summed E-state index contributed by atoms with van der Waals surface area (Å²) in [5.74, 6) is 3.28. The summed E-state index contributed by atoms with van der Waals surface area (Å²) in [6, 6.07) is 2.07. The van der Waals surface area contributed by atoms with Crippen molar-refractivity contribution in [1.82, 2.24) is 9.97 Å². The second-order valence-corrected chi connectivity index (χ2v) is 6.53. The van der Waals surface area contributed by atoms with E-state index in [0.717, 1.165) is 30.5 Å². The molecule has 0 amide bonds. The Balaban J connectivity index is 2.19. The van der Waals surface area contributed by atoms with Crippen molar-refractivity contribution in [3.8, 4) is 0 Å². The van der Waals surface area contributed by atoms with Gasteiger partial charge in [-0.2, -0.15) is 0 Å². The first kappa shape index (κ1) is 15.1. The minimum absolute atomic E-state index is 0.354. The molecule has 2 rings (SSSR count). The fourth-order valence-electron chi connectivity index (χ4n) is 2.63. The Hall–Kier alpha value is -1.32. The van der Waals surface area contributed by atoms with Crippen LogP contribution in [0.4, 0.5) is 11.6 Å². The van der Waals surface area contributed by atoms with E-state index in [1.54, 1.807) is 0 Å². The van der Waals surface area contributed by atoms with Crippen LogP contribution in [0.5, 0.6) is 0 Å². The van der Waals surface area contributed by atoms with Gasteiger partial charge < -0.3 is 10.2 Å². The number of aromatic nitrogens is 2. The van der Waals surface area contributed by atoms with Gasteiger partial charge in [-0.15, -0.1) is 0 Å². The van der Waals surface area contributed by atoms with Gasteiger partial charge in [0.15, 0.2) is 0 Å². The highest BCUT2D eigenvalue weighted by Gasteiger charge is 2.29. The first-order chi connectivity index (χ1) is 9.47. The monoisotopic (exact) mass is 276 g/mol. The van der Waals surface area contributed by atoms with Crippen molar-refractivity contribution >= 4 is 11.6 Å².